The molecule has 0 spiro atoms. The highest BCUT2D eigenvalue weighted by Gasteiger charge is 2.23. The molecule has 0 bridgehead atoms. The number of H-pyrrole nitrogens is 1. The Kier molecular flexibility index (Phi) is 4.19. The zero-order chi connectivity index (χ0) is 16.9. The van der Waals surface area contributed by atoms with Crippen molar-refractivity contribution >= 4 is 22.9 Å². The van der Waals surface area contributed by atoms with Gasteiger partial charge in [-0.25, -0.2) is 4.98 Å². The number of anilines is 3. The van der Waals surface area contributed by atoms with Gasteiger partial charge in [-0.3, -0.25) is 25.3 Å². The maximum Gasteiger partial charge on any atom is 0.377 e. The smallest absolute Gasteiger partial charge is 0.307 e. The summed E-state index contributed by atoms with van der Waals surface area (Å²) in [6, 6.07) is 18.4. The molecule has 0 fully saturated rings. The molecular formula is C16H13N5O3. The first-order chi connectivity index (χ1) is 11.7. The summed E-state index contributed by atoms with van der Waals surface area (Å²) in [6.07, 6.45) is 1.12. The van der Waals surface area contributed by atoms with Crippen LogP contribution in [-0.2, 0) is 0 Å². The predicted molar refractivity (Wildman–Crippen MR) is 90.2 cm³/mol. The van der Waals surface area contributed by atoms with Gasteiger partial charge in [0.15, 0.2) is 0 Å². The quantitative estimate of drug-likeness (QED) is 0.552. The summed E-state index contributed by atoms with van der Waals surface area (Å²) in [5.74, 6) is -0.142. The van der Waals surface area contributed by atoms with Gasteiger partial charge in [-0.1, -0.05) is 36.4 Å². The molecule has 2 aromatic carbocycles. The van der Waals surface area contributed by atoms with Crippen molar-refractivity contribution in [2.24, 2.45) is 0 Å². The standard InChI is InChI=1S/C16H13N5O3/c22-16-14(21(23)24)15(17-11-18-16)19-20(12-7-3-1-4-8-12)13-9-5-2-6-10-13/h1-11H,(H2,17,18,19,22). The number of nitrogens with one attached hydrogen (secondary N) is 2. The van der Waals surface area contributed by atoms with Crippen LogP contribution in [0.15, 0.2) is 71.8 Å². The number of aromatic amines is 1. The number of para-hydroxylation sites is 2. The topological polar surface area (TPSA) is 104 Å². The van der Waals surface area contributed by atoms with E-state index in [1.54, 1.807) is 5.01 Å². The molecule has 24 heavy (non-hydrogen) atoms. The molecule has 0 saturated heterocycles. The Balaban J connectivity index is 2.08. The highest BCUT2D eigenvalue weighted by Crippen LogP contribution is 2.27. The van der Waals surface area contributed by atoms with E-state index in [2.05, 4.69) is 15.4 Å². The van der Waals surface area contributed by atoms with Gasteiger partial charge >= 0.3 is 11.2 Å². The maximum absolute atomic E-state index is 11.7. The molecule has 8 heteroatoms. The molecule has 0 unspecified atom stereocenters. The summed E-state index contributed by atoms with van der Waals surface area (Å²) >= 11 is 0. The first-order valence-electron chi connectivity index (χ1n) is 7.06. The number of rotatable bonds is 5. The Hall–Kier alpha value is -3.68. The molecule has 0 aliphatic carbocycles. The van der Waals surface area contributed by atoms with Gasteiger partial charge in [-0.05, 0) is 24.3 Å². The fourth-order valence-electron chi connectivity index (χ4n) is 2.18. The van der Waals surface area contributed by atoms with E-state index in [0.717, 1.165) is 17.7 Å². The second-order valence-electron chi connectivity index (χ2n) is 4.80. The fraction of sp³-hybridized carbons (Fsp3) is 0. The van der Waals surface area contributed by atoms with Gasteiger partial charge in [0, 0.05) is 0 Å². The summed E-state index contributed by atoms with van der Waals surface area (Å²) in [6.45, 7) is 0. The summed E-state index contributed by atoms with van der Waals surface area (Å²) in [5, 5.41) is 12.8. The van der Waals surface area contributed by atoms with Crippen molar-refractivity contribution in [1.29, 1.82) is 0 Å². The Labute approximate surface area is 136 Å². The van der Waals surface area contributed by atoms with Crippen molar-refractivity contribution in [3.8, 4) is 0 Å². The SMILES string of the molecule is O=c1[nH]cnc(NN(c2ccccc2)c2ccccc2)c1[N+](=O)[O-]. The molecule has 1 heterocycles. The van der Waals surface area contributed by atoms with Crippen LogP contribution in [0.2, 0.25) is 0 Å². The highest BCUT2D eigenvalue weighted by atomic mass is 16.6. The zero-order valence-electron chi connectivity index (χ0n) is 12.4. The van der Waals surface area contributed by atoms with Crippen LogP contribution in [-0.4, -0.2) is 14.9 Å². The number of nitrogens with zero attached hydrogens (tertiary/aromatic N) is 3. The molecular weight excluding hydrogens is 310 g/mol. The van der Waals surface area contributed by atoms with Gasteiger partial charge in [-0.2, -0.15) is 0 Å². The molecule has 120 valence electrons. The minimum absolute atomic E-state index is 0.142. The third-order valence-corrected chi connectivity index (χ3v) is 3.26. The Morgan fingerprint density at radius 3 is 2.04 bits per heavy atom. The number of nitro groups is 1. The van der Waals surface area contributed by atoms with Gasteiger partial charge in [0.25, 0.3) is 0 Å². The molecule has 1 aromatic heterocycles. The minimum atomic E-state index is -0.821. The average Bonchev–Trinajstić information content (AvgIpc) is 2.61. The third kappa shape index (κ3) is 3.07. The number of hydrogen-bond acceptors (Lipinski definition) is 6. The van der Waals surface area contributed by atoms with Crippen molar-refractivity contribution < 1.29 is 4.92 Å². The molecule has 3 rings (SSSR count). The van der Waals surface area contributed by atoms with E-state index >= 15 is 0 Å². The summed E-state index contributed by atoms with van der Waals surface area (Å²) in [7, 11) is 0. The first-order valence-corrected chi connectivity index (χ1v) is 7.06. The number of benzene rings is 2. The number of aromatic nitrogens is 2. The first kappa shape index (κ1) is 15.2. The molecule has 0 atom stereocenters. The molecule has 3 aromatic rings. The monoisotopic (exact) mass is 323 g/mol. The van der Waals surface area contributed by atoms with Crippen LogP contribution in [0, 0.1) is 10.1 Å². The Bertz CT molecular complexity index is 857. The summed E-state index contributed by atoms with van der Waals surface area (Å²) < 4.78 is 0. The van der Waals surface area contributed by atoms with Crippen LogP contribution in [0.25, 0.3) is 0 Å². The lowest BCUT2D eigenvalue weighted by Crippen LogP contribution is -2.27. The lowest BCUT2D eigenvalue weighted by Gasteiger charge is -2.25. The van der Waals surface area contributed by atoms with E-state index in [4.69, 9.17) is 0 Å². The molecule has 0 aliphatic rings. The van der Waals surface area contributed by atoms with Crippen LogP contribution in [0.5, 0.6) is 0 Å². The van der Waals surface area contributed by atoms with E-state index in [-0.39, 0.29) is 5.82 Å². The maximum atomic E-state index is 11.7. The Morgan fingerprint density at radius 1 is 1.00 bits per heavy atom. The molecule has 0 aliphatic heterocycles. The predicted octanol–water partition coefficient (Wildman–Crippen LogP) is 2.84. The third-order valence-electron chi connectivity index (χ3n) is 3.26. The van der Waals surface area contributed by atoms with Crippen molar-refractivity contribution in [1.82, 2.24) is 9.97 Å². The van der Waals surface area contributed by atoms with E-state index < -0.39 is 16.2 Å². The largest absolute Gasteiger partial charge is 0.377 e. The van der Waals surface area contributed by atoms with Crippen LogP contribution in [0.1, 0.15) is 0 Å². The zero-order valence-corrected chi connectivity index (χ0v) is 12.4. The van der Waals surface area contributed by atoms with Gasteiger partial charge in [-0.15, -0.1) is 0 Å². The second-order valence-corrected chi connectivity index (χ2v) is 4.80. The average molecular weight is 323 g/mol. The van der Waals surface area contributed by atoms with Crippen LogP contribution < -0.4 is 16.0 Å². The van der Waals surface area contributed by atoms with E-state index in [1.807, 2.05) is 60.7 Å². The van der Waals surface area contributed by atoms with E-state index in [0.29, 0.717) is 0 Å². The summed E-state index contributed by atoms with van der Waals surface area (Å²) in [4.78, 5) is 28.3. The summed E-state index contributed by atoms with van der Waals surface area (Å²) in [5.41, 5.74) is 2.87. The van der Waals surface area contributed by atoms with Gasteiger partial charge in [0.1, 0.15) is 0 Å². The van der Waals surface area contributed by atoms with Gasteiger partial charge in [0.2, 0.25) is 5.82 Å². The molecule has 0 saturated carbocycles. The lowest BCUT2D eigenvalue weighted by atomic mass is 10.2. The second kappa shape index (κ2) is 6.61. The van der Waals surface area contributed by atoms with E-state index in [9.17, 15) is 14.9 Å². The highest BCUT2D eigenvalue weighted by molar-refractivity contribution is 5.69. The van der Waals surface area contributed by atoms with Crippen molar-refractivity contribution in [3.05, 3.63) is 87.5 Å². The van der Waals surface area contributed by atoms with Crippen LogP contribution in [0.4, 0.5) is 22.9 Å². The molecule has 0 radical (unpaired) electrons. The Morgan fingerprint density at radius 2 is 1.54 bits per heavy atom. The lowest BCUT2D eigenvalue weighted by molar-refractivity contribution is -0.385. The molecule has 8 nitrogen and oxygen atoms in total. The normalized spacial score (nSPS) is 10.2. The van der Waals surface area contributed by atoms with Crippen molar-refractivity contribution in [2.45, 2.75) is 0 Å². The number of hydrogen-bond donors (Lipinski definition) is 2. The van der Waals surface area contributed by atoms with Crippen molar-refractivity contribution in [2.75, 3.05) is 10.4 Å². The molecule has 0 amide bonds. The van der Waals surface area contributed by atoms with Crippen molar-refractivity contribution in [3.63, 3.8) is 0 Å². The minimum Gasteiger partial charge on any atom is -0.307 e. The fourth-order valence-corrected chi connectivity index (χ4v) is 2.18. The molecule has 2 N–H and O–H groups in total. The van der Waals surface area contributed by atoms with Gasteiger partial charge < -0.3 is 4.98 Å². The van der Waals surface area contributed by atoms with E-state index in [1.165, 1.54) is 0 Å². The van der Waals surface area contributed by atoms with Crippen LogP contribution >= 0.6 is 0 Å². The number of hydrazine groups is 1. The van der Waals surface area contributed by atoms with Gasteiger partial charge in [0.05, 0.1) is 22.6 Å². The van der Waals surface area contributed by atoms with Crippen LogP contribution in [0.3, 0.4) is 0 Å².